The molecule has 1 aliphatic heterocycles. The van der Waals surface area contributed by atoms with Crippen LogP contribution in [0.2, 0.25) is 0 Å². The molecule has 0 unspecified atom stereocenters. The van der Waals surface area contributed by atoms with Crippen LogP contribution in [0, 0.1) is 5.92 Å². The maximum Gasteiger partial charge on any atom is 0.322 e. The predicted molar refractivity (Wildman–Crippen MR) is 124 cm³/mol. The van der Waals surface area contributed by atoms with Gasteiger partial charge in [0.2, 0.25) is 0 Å². The van der Waals surface area contributed by atoms with Crippen LogP contribution in [0.15, 0.2) is 61.1 Å². The third kappa shape index (κ3) is 3.37. The van der Waals surface area contributed by atoms with Crippen LogP contribution in [0.25, 0.3) is 21.9 Å². The zero-order chi connectivity index (χ0) is 23.4. The topological polar surface area (TPSA) is 121 Å². The molecular formula is C25H23N5O4. The molecular weight excluding hydrogens is 434 g/mol. The van der Waals surface area contributed by atoms with Gasteiger partial charge in [0.25, 0.3) is 5.91 Å². The molecule has 9 heteroatoms. The molecule has 3 amide bonds. The van der Waals surface area contributed by atoms with E-state index in [2.05, 4.69) is 15.7 Å². The second-order valence-electron chi connectivity index (χ2n) is 9.14. The van der Waals surface area contributed by atoms with Gasteiger partial charge in [0.15, 0.2) is 11.4 Å². The first-order chi connectivity index (χ1) is 16.4. The quantitative estimate of drug-likeness (QED) is 0.332. The molecule has 9 nitrogen and oxygen atoms in total. The van der Waals surface area contributed by atoms with Gasteiger partial charge in [0.05, 0.1) is 12.7 Å². The number of phenolic OH excluding ortho intramolecular Hbond substituents is 1. The van der Waals surface area contributed by atoms with E-state index in [0.29, 0.717) is 16.3 Å². The van der Waals surface area contributed by atoms with Crippen molar-refractivity contribution in [3.05, 3.63) is 66.6 Å². The van der Waals surface area contributed by atoms with Crippen molar-refractivity contribution in [1.82, 2.24) is 25.0 Å². The monoisotopic (exact) mass is 457 g/mol. The summed E-state index contributed by atoms with van der Waals surface area (Å²) in [6, 6.07) is 11.5. The van der Waals surface area contributed by atoms with Crippen molar-refractivity contribution in [2.24, 2.45) is 5.92 Å². The number of amides is 3. The van der Waals surface area contributed by atoms with Gasteiger partial charge in [-0.2, -0.15) is 5.10 Å². The number of fused-ring (bicyclic) bond motifs is 1. The first-order valence-corrected chi connectivity index (χ1v) is 11.2. The van der Waals surface area contributed by atoms with Crippen LogP contribution in [-0.4, -0.2) is 36.5 Å². The number of aromatic nitrogens is 3. The number of carbonyl (C=O) groups excluding carboxylic acids is 2. The minimum Gasteiger partial charge on any atom is -0.508 e. The first kappa shape index (κ1) is 20.3. The minimum absolute atomic E-state index is 0.0233. The zero-order valence-electron chi connectivity index (χ0n) is 18.2. The predicted octanol–water partition coefficient (Wildman–Crippen LogP) is 3.06. The summed E-state index contributed by atoms with van der Waals surface area (Å²) in [5.41, 5.74) is 1.12. The Balaban J connectivity index is 1.35. The Kier molecular flexibility index (Phi) is 4.41. The highest BCUT2D eigenvalue weighted by molar-refractivity contribution is 6.07. The fourth-order valence-electron chi connectivity index (χ4n) is 4.63. The van der Waals surface area contributed by atoms with E-state index in [1.165, 1.54) is 29.5 Å². The summed E-state index contributed by atoms with van der Waals surface area (Å²) in [5.74, 6) is 0.157. The number of nitrogens with zero attached hydrogens (tertiary/aromatic N) is 3. The van der Waals surface area contributed by atoms with Gasteiger partial charge in [-0.3, -0.25) is 14.8 Å². The molecule has 0 spiro atoms. The summed E-state index contributed by atoms with van der Waals surface area (Å²) >= 11 is 0. The normalized spacial score (nSPS) is 20.0. The van der Waals surface area contributed by atoms with Crippen LogP contribution in [-0.2, 0) is 23.4 Å². The fourth-order valence-corrected chi connectivity index (χ4v) is 4.63. The maximum absolute atomic E-state index is 13.0. The van der Waals surface area contributed by atoms with Crippen molar-refractivity contribution in [3.8, 4) is 22.8 Å². The Morgan fingerprint density at radius 2 is 1.82 bits per heavy atom. The number of benzene rings is 2. The van der Waals surface area contributed by atoms with Crippen LogP contribution < -0.4 is 10.6 Å². The van der Waals surface area contributed by atoms with Gasteiger partial charge in [-0.1, -0.05) is 24.3 Å². The third-order valence-electron chi connectivity index (χ3n) is 6.68. The summed E-state index contributed by atoms with van der Waals surface area (Å²) in [6.45, 7) is 0.907. The molecule has 34 heavy (non-hydrogen) atoms. The third-order valence-corrected chi connectivity index (χ3v) is 6.68. The van der Waals surface area contributed by atoms with Crippen molar-refractivity contribution in [2.75, 3.05) is 0 Å². The molecule has 1 aliphatic carbocycles. The van der Waals surface area contributed by atoms with E-state index in [1.54, 1.807) is 12.3 Å². The van der Waals surface area contributed by atoms with Crippen molar-refractivity contribution in [2.45, 2.75) is 31.5 Å². The number of carbonyl (C=O) groups is 2. The van der Waals surface area contributed by atoms with Crippen LogP contribution in [0.4, 0.5) is 4.79 Å². The zero-order valence-corrected chi connectivity index (χ0v) is 18.2. The van der Waals surface area contributed by atoms with Crippen molar-refractivity contribution >= 4 is 22.7 Å². The number of imide groups is 1. The lowest BCUT2D eigenvalue weighted by molar-refractivity contribution is -0.124. The molecule has 2 aliphatic rings. The number of phenols is 1. The highest BCUT2D eigenvalue weighted by Gasteiger charge is 2.48. The van der Waals surface area contributed by atoms with Crippen LogP contribution in [0.3, 0.4) is 0 Å². The molecule has 2 aromatic heterocycles. The standard InChI is InChI=1S/C25H23N5O4/c31-20-8-5-17-12-29(22(32)21(17)9-20)14-25(23(33)27-24(34)28-25)19-6-3-16(4-7-19)18-10-26-30(13-18)11-15-1-2-15/h3-10,12-13,15,31-32H,1-2,11,14H2,(H2,27,28,33,34)/t25-/m0/s1. The van der Waals surface area contributed by atoms with Crippen molar-refractivity contribution in [1.29, 1.82) is 0 Å². The Bertz CT molecular complexity index is 1430. The summed E-state index contributed by atoms with van der Waals surface area (Å²) < 4.78 is 3.47. The molecule has 1 saturated heterocycles. The van der Waals surface area contributed by atoms with Crippen molar-refractivity contribution in [3.63, 3.8) is 0 Å². The largest absolute Gasteiger partial charge is 0.508 e. The molecule has 1 atom stereocenters. The van der Waals surface area contributed by atoms with Gasteiger partial charge in [-0.05, 0) is 48.1 Å². The summed E-state index contributed by atoms with van der Waals surface area (Å²) in [4.78, 5) is 25.2. The highest BCUT2D eigenvalue weighted by Crippen LogP contribution is 2.35. The summed E-state index contributed by atoms with van der Waals surface area (Å²) in [6.07, 6.45) is 8.05. The van der Waals surface area contributed by atoms with Crippen LogP contribution in [0.1, 0.15) is 18.4 Å². The van der Waals surface area contributed by atoms with Gasteiger partial charge in [-0.15, -0.1) is 0 Å². The summed E-state index contributed by atoms with van der Waals surface area (Å²) in [5, 5.41) is 31.2. The average Bonchev–Trinajstić information content (AvgIpc) is 3.31. The van der Waals surface area contributed by atoms with Gasteiger partial charge < -0.3 is 20.1 Å². The van der Waals surface area contributed by atoms with Crippen molar-refractivity contribution < 1.29 is 19.8 Å². The second kappa shape index (κ2) is 7.38. The van der Waals surface area contributed by atoms with E-state index in [9.17, 15) is 19.8 Å². The summed E-state index contributed by atoms with van der Waals surface area (Å²) in [7, 11) is 0. The number of urea groups is 1. The number of hydrogen-bond acceptors (Lipinski definition) is 5. The molecule has 0 bridgehead atoms. The fraction of sp³-hybridized carbons (Fsp3) is 0.240. The molecule has 4 N–H and O–H groups in total. The maximum atomic E-state index is 13.0. The molecule has 0 radical (unpaired) electrons. The van der Waals surface area contributed by atoms with Gasteiger partial charge in [0, 0.05) is 35.3 Å². The van der Waals surface area contributed by atoms with Gasteiger partial charge >= 0.3 is 6.03 Å². The number of nitrogens with one attached hydrogen (secondary N) is 2. The van der Waals surface area contributed by atoms with E-state index in [1.807, 2.05) is 41.3 Å². The number of aromatic hydroxyl groups is 2. The van der Waals surface area contributed by atoms with E-state index in [-0.39, 0.29) is 18.2 Å². The van der Waals surface area contributed by atoms with E-state index in [4.69, 9.17) is 0 Å². The van der Waals surface area contributed by atoms with E-state index in [0.717, 1.165) is 23.6 Å². The lowest BCUT2D eigenvalue weighted by atomic mass is 9.88. The lowest BCUT2D eigenvalue weighted by Crippen LogP contribution is -2.47. The first-order valence-electron chi connectivity index (χ1n) is 11.2. The average molecular weight is 457 g/mol. The highest BCUT2D eigenvalue weighted by atomic mass is 16.3. The Morgan fingerprint density at radius 3 is 2.53 bits per heavy atom. The van der Waals surface area contributed by atoms with E-state index < -0.39 is 17.5 Å². The number of hydrogen-bond donors (Lipinski definition) is 4. The number of rotatable bonds is 6. The molecule has 2 fully saturated rings. The Labute approximate surface area is 194 Å². The molecule has 2 aromatic carbocycles. The molecule has 172 valence electrons. The molecule has 3 heterocycles. The van der Waals surface area contributed by atoms with Gasteiger partial charge in [-0.25, -0.2) is 4.79 Å². The Morgan fingerprint density at radius 1 is 1.03 bits per heavy atom. The molecule has 6 rings (SSSR count). The Hall–Kier alpha value is -4.27. The lowest BCUT2D eigenvalue weighted by Gasteiger charge is -2.27. The van der Waals surface area contributed by atoms with Crippen LogP contribution in [0.5, 0.6) is 11.6 Å². The molecule has 1 saturated carbocycles. The molecule has 4 aromatic rings. The second-order valence-corrected chi connectivity index (χ2v) is 9.14. The van der Waals surface area contributed by atoms with Gasteiger partial charge in [0.1, 0.15) is 5.75 Å². The van der Waals surface area contributed by atoms with E-state index >= 15 is 0 Å². The smallest absolute Gasteiger partial charge is 0.322 e. The SMILES string of the molecule is O=C1NC(=O)[C@](Cn2cc3ccc(O)cc3c2O)(c2ccc(-c3cnn(CC4CC4)c3)cc2)N1. The minimum atomic E-state index is -1.40. The van der Waals surface area contributed by atoms with Crippen LogP contribution >= 0.6 is 0 Å².